The van der Waals surface area contributed by atoms with Gasteiger partial charge in [0, 0.05) is 13.1 Å². The number of ether oxygens (including phenoxy) is 1. The lowest BCUT2D eigenvalue weighted by atomic mass is 10.1. The molecule has 0 bridgehead atoms. The zero-order valence-electron chi connectivity index (χ0n) is 9.11. The first kappa shape index (κ1) is 9.77. The minimum absolute atomic E-state index is 0.694. The molecular weight excluding hydrogens is 188 g/mol. The topological polar surface area (TPSA) is 27.1 Å². The van der Waals surface area contributed by atoms with Crippen molar-refractivity contribution < 1.29 is 4.74 Å². The third-order valence-electron chi connectivity index (χ3n) is 2.13. The first-order valence-corrected chi connectivity index (χ1v) is 4.81. The van der Waals surface area contributed by atoms with Gasteiger partial charge in [-0.15, -0.1) is 0 Å². The van der Waals surface area contributed by atoms with Crippen molar-refractivity contribution in [1.29, 1.82) is 0 Å². The number of hydrogen-bond acceptors (Lipinski definition) is 2. The van der Waals surface area contributed by atoms with Gasteiger partial charge in [-0.25, -0.2) is 4.68 Å². The molecule has 0 N–H and O–H groups in total. The first-order valence-electron chi connectivity index (χ1n) is 4.81. The Labute approximate surface area is 89.3 Å². The summed E-state index contributed by atoms with van der Waals surface area (Å²) in [5, 5.41) is 3.92. The highest BCUT2D eigenvalue weighted by Crippen LogP contribution is 2.22. The molecule has 0 aliphatic heterocycles. The Balaban J connectivity index is 2.28. The number of hydrogen-bond donors (Lipinski definition) is 0. The van der Waals surface area contributed by atoms with E-state index in [-0.39, 0.29) is 0 Å². The van der Waals surface area contributed by atoms with Crippen molar-refractivity contribution in [3.8, 4) is 11.6 Å². The second-order valence-corrected chi connectivity index (χ2v) is 3.66. The summed E-state index contributed by atoms with van der Waals surface area (Å²) in [7, 11) is 1.83. The summed E-state index contributed by atoms with van der Waals surface area (Å²) < 4.78 is 7.33. The molecule has 77 valence electrons. The molecule has 0 saturated carbocycles. The Kier molecular flexibility index (Phi) is 2.46. The summed E-state index contributed by atoms with van der Waals surface area (Å²) >= 11 is 0. The standard InChI is InChI=1S/C12H13N2O/c1-9-6-10(2)8-11(7-9)15-12-4-5-13-14(12)3/h4,6-8H,1-3H3. The lowest BCUT2D eigenvalue weighted by Crippen LogP contribution is -1.95. The van der Waals surface area contributed by atoms with Crippen molar-refractivity contribution in [3.05, 3.63) is 41.6 Å². The molecule has 1 radical (unpaired) electrons. The van der Waals surface area contributed by atoms with Crippen molar-refractivity contribution >= 4 is 0 Å². The highest BCUT2D eigenvalue weighted by molar-refractivity contribution is 5.35. The van der Waals surface area contributed by atoms with Gasteiger partial charge in [0.05, 0.1) is 0 Å². The van der Waals surface area contributed by atoms with Crippen LogP contribution in [0.2, 0.25) is 0 Å². The predicted molar refractivity (Wildman–Crippen MR) is 58.0 cm³/mol. The number of nitrogens with zero attached hydrogens (tertiary/aromatic N) is 2. The van der Waals surface area contributed by atoms with Crippen LogP contribution in [0.4, 0.5) is 0 Å². The second-order valence-electron chi connectivity index (χ2n) is 3.66. The van der Waals surface area contributed by atoms with Gasteiger partial charge in [0.15, 0.2) is 0 Å². The van der Waals surface area contributed by atoms with Gasteiger partial charge in [-0.1, -0.05) is 6.07 Å². The van der Waals surface area contributed by atoms with Crippen LogP contribution in [-0.2, 0) is 7.05 Å². The number of benzene rings is 1. The van der Waals surface area contributed by atoms with E-state index in [1.54, 1.807) is 10.7 Å². The molecule has 1 aromatic heterocycles. The lowest BCUT2D eigenvalue weighted by Gasteiger charge is -2.07. The molecule has 0 aliphatic rings. The van der Waals surface area contributed by atoms with Crippen molar-refractivity contribution in [2.45, 2.75) is 13.8 Å². The zero-order valence-corrected chi connectivity index (χ0v) is 9.11. The largest absolute Gasteiger partial charge is 0.439 e. The third-order valence-corrected chi connectivity index (χ3v) is 2.13. The lowest BCUT2D eigenvalue weighted by molar-refractivity contribution is 0.430. The first-order chi connectivity index (χ1) is 7.15. The molecule has 0 saturated heterocycles. The van der Waals surface area contributed by atoms with Crippen molar-refractivity contribution in [2.24, 2.45) is 7.05 Å². The van der Waals surface area contributed by atoms with Crippen LogP contribution in [0.15, 0.2) is 24.3 Å². The maximum absolute atomic E-state index is 5.68. The fraction of sp³-hybridized carbons (Fsp3) is 0.250. The summed E-state index contributed by atoms with van der Waals surface area (Å²) in [6, 6.07) is 7.83. The molecule has 1 heterocycles. The molecule has 1 aromatic carbocycles. The van der Waals surface area contributed by atoms with Crippen LogP contribution in [-0.4, -0.2) is 9.78 Å². The maximum Gasteiger partial charge on any atom is 0.218 e. The molecule has 0 spiro atoms. The van der Waals surface area contributed by atoms with E-state index in [4.69, 9.17) is 4.74 Å². The number of aryl methyl sites for hydroxylation is 3. The summed E-state index contributed by atoms with van der Waals surface area (Å²) in [4.78, 5) is 0. The number of rotatable bonds is 2. The van der Waals surface area contributed by atoms with Crippen LogP contribution in [0.25, 0.3) is 0 Å². The maximum atomic E-state index is 5.68. The van der Waals surface area contributed by atoms with Crippen LogP contribution in [0.3, 0.4) is 0 Å². The van der Waals surface area contributed by atoms with Crippen LogP contribution >= 0.6 is 0 Å². The van der Waals surface area contributed by atoms with Crippen LogP contribution in [0.1, 0.15) is 11.1 Å². The monoisotopic (exact) mass is 201 g/mol. The van der Waals surface area contributed by atoms with Gasteiger partial charge in [-0.2, -0.15) is 5.10 Å². The molecule has 2 rings (SSSR count). The van der Waals surface area contributed by atoms with Gasteiger partial charge in [-0.3, -0.25) is 0 Å². The average molecular weight is 201 g/mol. The quantitative estimate of drug-likeness (QED) is 0.746. The molecule has 0 atom stereocenters. The molecule has 3 heteroatoms. The van der Waals surface area contributed by atoms with Crippen LogP contribution < -0.4 is 4.74 Å². The van der Waals surface area contributed by atoms with E-state index in [0.717, 1.165) is 5.75 Å². The van der Waals surface area contributed by atoms with Crippen molar-refractivity contribution in [2.75, 3.05) is 0 Å². The van der Waals surface area contributed by atoms with Gasteiger partial charge in [0.1, 0.15) is 11.9 Å². The summed E-state index contributed by atoms with van der Waals surface area (Å²) in [5.74, 6) is 1.53. The minimum atomic E-state index is 0.694. The second kappa shape index (κ2) is 3.77. The van der Waals surface area contributed by atoms with E-state index < -0.39 is 0 Å². The SMILES string of the molecule is Cc1cc(C)cc(Oc2c[c]nn2C)c1. The fourth-order valence-electron chi connectivity index (χ4n) is 1.52. The zero-order chi connectivity index (χ0) is 10.8. The average Bonchev–Trinajstić information content (AvgIpc) is 2.50. The third kappa shape index (κ3) is 2.18. The van der Waals surface area contributed by atoms with E-state index in [0.29, 0.717) is 5.88 Å². The Morgan fingerprint density at radius 1 is 1.20 bits per heavy atom. The molecule has 0 fully saturated rings. The van der Waals surface area contributed by atoms with Crippen molar-refractivity contribution in [3.63, 3.8) is 0 Å². The Morgan fingerprint density at radius 3 is 2.40 bits per heavy atom. The van der Waals surface area contributed by atoms with E-state index in [9.17, 15) is 0 Å². The smallest absolute Gasteiger partial charge is 0.218 e. The van der Waals surface area contributed by atoms with Gasteiger partial charge in [0.2, 0.25) is 5.88 Å². The molecule has 0 aliphatic carbocycles. The van der Waals surface area contributed by atoms with Gasteiger partial charge in [0.25, 0.3) is 0 Å². The minimum Gasteiger partial charge on any atom is -0.439 e. The predicted octanol–water partition coefficient (Wildman–Crippen LogP) is 2.63. The van der Waals surface area contributed by atoms with E-state index in [1.165, 1.54) is 11.1 Å². The molecular formula is C12H13N2O. The molecule has 2 aromatic rings. The van der Waals surface area contributed by atoms with E-state index in [1.807, 2.05) is 19.2 Å². The Morgan fingerprint density at radius 2 is 1.87 bits per heavy atom. The molecule has 15 heavy (non-hydrogen) atoms. The molecule has 0 unspecified atom stereocenters. The van der Waals surface area contributed by atoms with Gasteiger partial charge in [-0.05, 0) is 37.1 Å². The van der Waals surface area contributed by atoms with Gasteiger partial charge < -0.3 is 4.74 Å². The molecule has 0 amide bonds. The Hall–Kier alpha value is -1.77. The Bertz CT molecular complexity index is 454. The van der Waals surface area contributed by atoms with Gasteiger partial charge >= 0.3 is 0 Å². The summed E-state index contributed by atoms with van der Waals surface area (Å²) in [6.07, 6.45) is 2.74. The summed E-state index contributed by atoms with van der Waals surface area (Å²) in [6.45, 7) is 4.10. The number of aromatic nitrogens is 2. The highest BCUT2D eigenvalue weighted by Gasteiger charge is 2.02. The normalized spacial score (nSPS) is 10.3. The van der Waals surface area contributed by atoms with E-state index in [2.05, 4.69) is 31.2 Å². The van der Waals surface area contributed by atoms with Crippen LogP contribution in [0, 0.1) is 20.0 Å². The highest BCUT2D eigenvalue weighted by atomic mass is 16.5. The van der Waals surface area contributed by atoms with Crippen LogP contribution in [0.5, 0.6) is 11.6 Å². The summed E-state index contributed by atoms with van der Waals surface area (Å²) in [5.41, 5.74) is 2.38. The van der Waals surface area contributed by atoms with E-state index >= 15 is 0 Å². The van der Waals surface area contributed by atoms with Crippen molar-refractivity contribution in [1.82, 2.24) is 9.78 Å². The fourth-order valence-corrected chi connectivity index (χ4v) is 1.52. The molecule has 3 nitrogen and oxygen atoms in total.